The van der Waals surface area contributed by atoms with Crippen molar-refractivity contribution in [1.82, 2.24) is 0 Å². The van der Waals surface area contributed by atoms with Crippen molar-refractivity contribution < 1.29 is 13.2 Å². The van der Waals surface area contributed by atoms with E-state index in [4.69, 9.17) is 0 Å². The molecule has 2 unspecified atom stereocenters. The first-order chi connectivity index (χ1) is 7.43. The highest BCUT2D eigenvalue weighted by Crippen LogP contribution is 2.44. The molecule has 3 heteroatoms. The molecule has 0 bridgehead atoms. The van der Waals surface area contributed by atoms with E-state index in [2.05, 4.69) is 0 Å². The van der Waals surface area contributed by atoms with Crippen LogP contribution >= 0.6 is 0 Å². The Morgan fingerprint density at radius 3 is 2.44 bits per heavy atom. The highest BCUT2D eigenvalue weighted by Gasteiger charge is 2.38. The van der Waals surface area contributed by atoms with E-state index in [9.17, 15) is 13.2 Å². The van der Waals surface area contributed by atoms with Gasteiger partial charge in [0, 0.05) is 11.5 Å². The number of hydrogen-bond donors (Lipinski definition) is 0. The Labute approximate surface area is 93.5 Å². The minimum atomic E-state index is -1.37. The van der Waals surface area contributed by atoms with E-state index in [0.29, 0.717) is 12.0 Å². The Morgan fingerprint density at radius 2 is 1.88 bits per heavy atom. The Kier molecular flexibility index (Phi) is 2.72. The number of aryl methyl sites for hydroxylation is 1. The molecular formula is C13H15F3. The number of alkyl halides is 1. The van der Waals surface area contributed by atoms with Gasteiger partial charge in [-0.15, -0.1) is 0 Å². The number of halogens is 3. The first kappa shape index (κ1) is 11.5. The fraction of sp³-hybridized carbons (Fsp3) is 0.538. The summed E-state index contributed by atoms with van der Waals surface area (Å²) in [4.78, 5) is 0. The highest BCUT2D eigenvalue weighted by atomic mass is 19.2. The fourth-order valence-electron chi connectivity index (χ4n) is 2.45. The van der Waals surface area contributed by atoms with Crippen LogP contribution in [0.25, 0.3) is 0 Å². The normalized spacial score (nSPS) is 23.9. The molecule has 2 rings (SSSR count). The third-order valence-electron chi connectivity index (χ3n) is 3.48. The van der Waals surface area contributed by atoms with Crippen molar-refractivity contribution in [3.8, 4) is 0 Å². The lowest BCUT2D eigenvalue weighted by molar-refractivity contribution is 0.198. The molecule has 0 saturated heterocycles. The van der Waals surface area contributed by atoms with Crippen LogP contribution in [0.1, 0.15) is 36.7 Å². The molecule has 0 aliphatic heterocycles. The fourth-order valence-corrected chi connectivity index (χ4v) is 2.45. The SMILES string of the molecule is Cc1cc2c(c(F)c1F)C(F)C(C(C)C)C2. The van der Waals surface area contributed by atoms with Crippen molar-refractivity contribution in [2.45, 2.75) is 33.4 Å². The van der Waals surface area contributed by atoms with Crippen molar-refractivity contribution in [2.24, 2.45) is 11.8 Å². The molecular weight excluding hydrogens is 213 g/mol. The molecule has 0 nitrogen and oxygen atoms in total. The Balaban J connectivity index is 2.52. The Morgan fingerprint density at radius 1 is 1.25 bits per heavy atom. The molecule has 88 valence electrons. The number of hydrogen-bond acceptors (Lipinski definition) is 0. The van der Waals surface area contributed by atoms with Crippen molar-refractivity contribution in [2.75, 3.05) is 0 Å². The van der Waals surface area contributed by atoms with Crippen LogP contribution in [0.15, 0.2) is 6.07 Å². The molecule has 0 saturated carbocycles. The number of benzene rings is 1. The second-order valence-electron chi connectivity index (χ2n) is 4.91. The summed E-state index contributed by atoms with van der Waals surface area (Å²) in [7, 11) is 0. The number of fused-ring (bicyclic) bond motifs is 1. The molecule has 1 aromatic rings. The van der Waals surface area contributed by atoms with Gasteiger partial charge >= 0.3 is 0 Å². The molecule has 1 aliphatic carbocycles. The molecule has 0 N–H and O–H groups in total. The smallest absolute Gasteiger partial charge is 0.165 e. The van der Waals surface area contributed by atoms with Gasteiger partial charge in [-0.05, 0) is 30.4 Å². The van der Waals surface area contributed by atoms with Gasteiger partial charge in [0.05, 0.1) is 0 Å². The first-order valence-electron chi connectivity index (χ1n) is 5.55. The van der Waals surface area contributed by atoms with Crippen LogP contribution in [-0.2, 0) is 6.42 Å². The maximum Gasteiger partial charge on any atom is 0.165 e. The van der Waals surface area contributed by atoms with E-state index in [0.717, 1.165) is 0 Å². The van der Waals surface area contributed by atoms with Crippen molar-refractivity contribution in [3.05, 3.63) is 34.4 Å². The molecule has 0 fully saturated rings. The largest absolute Gasteiger partial charge is 0.242 e. The molecule has 0 heterocycles. The van der Waals surface area contributed by atoms with Gasteiger partial charge in [-0.1, -0.05) is 19.9 Å². The van der Waals surface area contributed by atoms with E-state index >= 15 is 0 Å². The Bertz CT molecular complexity index is 424. The summed E-state index contributed by atoms with van der Waals surface area (Å²) in [5, 5.41) is 0. The zero-order chi connectivity index (χ0) is 12.0. The third-order valence-corrected chi connectivity index (χ3v) is 3.48. The van der Waals surface area contributed by atoms with Gasteiger partial charge in [0.25, 0.3) is 0 Å². The summed E-state index contributed by atoms with van der Waals surface area (Å²) in [6.45, 7) is 5.32. The quantitative estimate of drug-likeness (QED) is 0.678. The van der Waals surface area contributed by atoms with Crippen LogP contribution in [0, 0.1) is 30.4 Å². The van der Waals surface area contributed by atoms with Crippen molar-refractivity contribution in [1.29, 1.82) is 0 Å². The van der Waals surface area contributed by atoms with Gasteiger partial charge in [0.15, 0.2) is 11.6 Å². The van der Waals surface area contributed by atoms with E-state index in [1.54, 1.807) is 6.07 Å². The predicted octanol–water partition coefficient (Wildman–Crippen LogP) is 4.11. The van der Waals surface area contributed by atoms with Gasteiger partial charge in [0.2, 0.25) is 0 Å². The molecule has 0 radical (unpaired) electrons. The summed E-state index contributed by atoms with van der Waals surface area (Å²) in [6.07, 6.45) is -0.864. The zero-order valence-electron chi connectivity index (χ0n) is 9.65. The van der Waals surface area contributed by atoms with Crippen molar-refractivity contribution in [3.63, 3.8) is 0 Å². The lowest BCUT2D eigenvalue weighted by Crippen LogP contribution is -2.11. The highest BCUT2D eigenvalue weighted by molar-refractivity contribution is 5.40. The van der Waals surface area contributed by atoms with Crippen LogP contribution in [0.2, 0.25) is 0 Å². The molecule has 2 atom stereocenters. The van der Waals surface area contributed by atoms with E-state index in [1.165, 1.54) is 6.92 Å². The average molecular weight is 228 g/mol. The lowest BCUT2D eigenvalue weighted by Gasteiger charge is -2.16. The molecule has 1 aromatic carbocycles. The molecule has 1 aliphatic rings. The zero-order valence-corrected chi connectivity index (χ0v) is 9.65. The summed E-state index contributed by atoms with van der Waals surface area (Å²) in [5.74, 6) is -2.01. The molecule has 0 spiro atoms. The minimum Gasteiger partial charge on any atom is -0.242 e. The maximum atomic E-state index is 14.0. The third kappa shape index (κ3) is 1.53. The van der Waals surface area contributed by atoms with E-state index in [1.807, 2.05) is 13.8 Å². The Hall–Kier alpha value is -0.990. The summed E-state index contributed by atoms with van der Waals surface area (Å²) >= 11 is 0. The van der Waals surface area contributed by atoms with Gasteiger partial charge in [-0.2, -0.15) is 0 Å². The van der Waals surface area contributed by atoms with Crippen LogP contribution in [0.3, 0.4) is 0 Å². The first-order valence-corrected chi connectivity index (χ1v) is 5.55. The summed E-state index contributed by atoms with van der Waals surface area (Å²) < 4.78 is 41.0. The summed E-state index contributed by atoms with van der Waals surface area (Å²) in [5.41, 5.74) is 0.831. The van der Waals surface area contributed by atoms with Crippen LogP contribution in [0.5, 0.6) is 0 Å². The van der Waals surface area contributed by atoms with E-state index < -0.39 is 17.8 Å². The summed E-state index contributed by atoms with van der Waals surface area (Å²) in [6, 6.07) is 1.57. The topological polar surface area (TPSA) is 0 Å². The standard InChI is InChI=1S/C13H15F3/c1-6(2)9-5-8-4-7(3)11(14)13(16)10(8)12(9)15/h4,6,9,12H,5H2,1-3H3. The van der Waals surface area contributed by atoms with Gasteiger partial charge in [0.1, 0.15) is 6.17 Å². The van der Waals surface area contributed by atoms with Gasteiger partial charge in [-0.3, -0.25) is 0 Å². The number of rotatable bonds is 1. The average Bonchev–Trinajstić information content (AvgIpc) is 2.52. The van der Waals surface area contributed by atoms with Crippen LogP contribution in [0.4, 0.5) is 13.2 Å². The monoisotopic (exact) mass is 228 g/mol. The van der Waals surface area contributed by atoms with Gasteiger partial charge in [-0.25, -0.2) is 13.2 Å². The molecule has 0 amide bonds. The molecule has 16 heavy (non-hydrogen) atoms. The van der Waals surface area contributed by atoms with Crippen LogP contribution in [-0.4, -0.2) is 0 Å². The van der Waals surface area contributed by atoms with Gasteiger partial charge < -0.3 is 0 Å². The minimum absolute atomic E-state index is 0.0539. The van der Waals surface area contributed by atoms with Crippen molar-refractivity contribution >= 4 is 0 Å². The molecule has 0 aromatic heterocycles. The maximum absolute atomic E-state index is 14.0. The lowest BCUT2D eigenvalue weighted by atomic mass is 9.92. The van der Waals surface area contributed by atoms with Crippen LogP contribution < -0.4 is 0 Å². The second kappa shape index (κ2) is 3.79. The second-order valence-corrected chi connectivity index (χ2v) is 4.91. The van der Waals surface area contributed by atoms with E-state index in [-0.39, 0.29) is 23.0 Å². The predicted molar refractivity (Wildman–Crippen MR) is 57.0 cm³/mol.